The van der Waals surface area contributed by atoms with E-state index in [4.69, 9.17) is 0 Å². The van der Waals surface area contributed by atoms with Crippen molar-refractivity contribution in [2.24, 2.45) is 0 Å². The molecule has 2 rings (SSSR count). The molecule has 0 aliphatic heterocycles. The van der Waals surface area contributed by atoms with Gasteiger partial charge in [0.15, 0.2) is 0 Å². The van der Waals surface area contributed by atoms with Crippen LogP contribution in [0.1, 0.15) is 37.8 Å². The summed E-state index contributed by atoms with van der Waals surface area (Å²) in [5.41, 5.74) is 4.91. The Kier molecular flexibility index (Phi) is 2.39. The van der Waals surface area contributed by atoms with Crippen molar-refractivity contribution in [3.05, 3.63) is 42.1 Å². The SMILES string of the molecule is C=C(C)c1c[nH]c2cc(C(C)C)ccc12. The van der Waals surface area contributed by atoms with Gasteiger partial charge in [-0.3, -0.25) is 0 Å². The number of aromatic amines is 1. The number of nitrogens with one attached hydrogen (secondary N) is 1. The minimum atomic E-state index is 0.575. The Bertz CT molecular complexity index is 503. The van der Waals surface area contributed by atoms with Crippen LogP contribution in [0.15, 0.2) is 31.0 Å². The summed E-state index contributed by atoms with van der Waals surface area (Å²) in [5, 5.41) is 1.27. The lowest BCUT2D eigenvalue weighted by atomic mass is 10.0. The molecule has 1 N–H and O–H groups in total. The lowest BCUT2D eigenvalue weighted by molar-refractivity contribution is 0.868. The van der Waals surface area contributed by atoms with Gasteiger partial charge in [-0.15, -0.1) is 0 Å². The average Bonchev–Trinajstić information content (AvgIpc) is 2.59. The molecule has 2 aromatic rings. The third kappa shape index (κ3) is 1.70. The number of benzene rings is 1. The molecule has 0 aliphatic rings. The minimum Gasteiger partial charge on any atom is -0.361 e. The maximum atomic E-state index is 3.99. The van der Waals surface area contributed by atoms with Gasteiger partial charge in [0.05, 0.1) is 0 Å². The van der Waals surface area contributed by atoms with Gasteiger partial charge in [0.25, 0.3) is 0 Å². The molecule has 0 amide bonds. The molecule has 1 heteroatoms. The topological polar surface area (TPSA) is 15.8 Å². The lowest BCUT2D eigenvalue weighted by Gasteiger charge is -2.05. The standard InChI is InChI=1S/C14H17N/c1-9(2)11-5-6-12-13(10(3)4)8-15-14(12)7-11/h5-9,15H,3H2,1-2,4H3. The number of H-pyrrole nitrogens is 1. The molecule has 15 heavy (non-hydrogen) atoms. The van der Waals surface area contributed by atoms with Crippen LogP contribution in [0.4, 0.5) is 0 Å². The summed E-state index contributed by atoms with van der Waals surface area (Å²) in [6.07, 6.45) is 2.04. The maximum absolute atomic E-state index is 3.99. The quantitative estimate of drug-likeness (QED) is 0.741. The second-order valence-electron chi connectivity index (χ2n) is 4.44. The molecule has 1 aromatic carbocycles. The van der Waals surface area contributed by atoms with E-state index in [1.165, 1.54) is 22.0 Å². The van der Waals surface area contributed by atoms with Crippen LogP contribution in [0, 0.1) is 0 Å². The molecule has 0 spiro atoms. The van der Waals surface area contributed by atoms with Crippen molar-refractivity contribution < 1.29 is 0 Å². The first-order valence-corrected chi connectivity index (χ1v) is 5.36. The smallest absolute Gasteiger partial charge is 0.0463 e. The summed E-state index contributed by atoms with van der Waals surface area (Å²) >= 11 is 0. The lowest BCUT2D eigenvalue weighted by Crippen LogP contribution is -1.86. The maximum Gasteiger partial charge on any atom is 0.0463 e. The zero-order valence-electron chi connectivity index (χ0n) is 9.59. The van der Waals surface area contributed by atoms with Crippen molar-refractivity contribution >= 4 is 16.5 Å². The molecular weight excluding hydrogens is 182 g/mol. The number of rotatable bonds is 2. The van der Waals surface area contributed by atoms with Crippen molar-refractivity contribution in [1.82, 2.24) is 4.98 Å². The van der Waals surface area contributed by atoms with E-state index in [9.17, 15) is 0 Å². The van der Waals surface area contributed by atoms with Crippen LogP contribution in [0.3, 0.4) is 0 Å². The largest absolute Gasteiger partial charge is 0.361 e. The molecule has 1 nitrogen and oxygen atoms in total. The highest BCUT2D eigenvalue weighted by Gasteiger charge is 2.06. The zero-order valence-corrected chi connectivity index (χ0v) is 9.59. The molecule has 0 fully saturated rings. The summed E-state index contributed by atoms with van der Waals surface area (Å²) in [4.78, 5) is 3.30. The minimum absolute atomic E-state index is 0.575. The van der Waals surface area contributed by atoms with E-state index >= 15 is 0 Å². The van der Waals surface area contributed by atoms with Gasteiger partial charge in [0.1, 0.15) is 0 Å². The number of hydrogen-bond acceptors (Lipinski definition) is 0. The van der Waals surface area contributed by atoms with E-state index in [2.05, 4.69) is 43.6 Å². The highest BCUT2D eigenvalue weighted by molar-refractivity contribution is 5.92. The van der Waals surface area contributed by atoms with Crippen LogP contribution >= 0.6 is 0 Å². The molecule has 0 radical (unpaired) electrons. The van der Waals surface area contributed by atoms with Crippen LogP contribution in [0.25, 0.3) is 16.5 Å². The van der Waals surface area contributed by atoms with Gasteiger partial charge in [0, 0.05) is 22.7 Å². The number of fused-ring (bicyclic) bond motifs is 1. The molecule has 0 saturated heterocycles. The Balaban J connectivity index is 2.61. The first-order valence-electron chi connectivity index (χ1n) is 5.36. The summed E-state index contributed by atoms with van der Waals surface area (Å²) in [6.45, 7) is 10.5. The molecule has 1 aromatic heterocycles. The zero-order chi connectivity index (χ0) is 11.0. The monoisotopic (exact) mass is 199 g/mol. The Hall–Kier alpha value is -1.50. The molecule has 1 heterocycles. The van der Waals surface area contributed by atoms with E-state index in [0.29, 0.717) is 5.92 Å². The van der Waals surface area contributed by atoms with Crippen molar-refractivity contribution in [2.45, 2.75) is 26.7 Å². The van der Waals surface area contributed by atoms with Crippen LogP contribution in [0.5, 0.6) is 0 Å². The molecular formula is C14H17N. The molecule has 0 saturated carbocycles. The first kappa shape index (κ1) is 10.0. The highest BCUT2D eigenvalue weighted by atomic mass is 14.7. The van der Waals surface area contributed by atoms with Gasteiger partial charge in [-0.05, 0) is 30.0 Å². The Morgan fingerprint density at radius 1 is 1.33 bits per heavy atom. The molecule has 0 bridgehead atoms. The average molecular weight is 199 g/mol. The predicted octanol–water partition coefficient (Wildman–Crippen LogP) is 4.32. The van der Waals surface area contributed by atoms with Gasteiger partial charge in [0.2, 0.25) is 0 Å². The molecule has 0 unspecified atom stereocenters. The van der Waals surface area contributed by atoms with Crippen molar-refractivity contribution in [1.29, 1.82) is 0 Å². The molecule has 0 aliphatic carbocycles. The van der Waals surface area contributed by atoms with E-state index < -0.39 is 0 Å². The van der Waals surface area contributed by atoms with E-state index in [1.807, 2.05) is 13.1 Å². The van der Waals surface area contributed by atoms with Crippen molar-refractivity contribution in [3.63, 3.8) is 0 Å². The normalized spacial score (nSPS) is 11.2. The summed E-state index contributed by atoms with van der Waals surface area (Å²) < 4.78 is 0. The van der Waals surface area contributed by atoms with Gasteiger partial charge >= 0.3 is 0 Å². The van der Waals surface area contributed by atoms with E-state index in [1.54, 1.807) is 0 Å². The van der Waals surface area contributed by atoms with Crippen molar-refractivity contribution in [3.8, 4) is 0 Å². The van der Waals surface area contributed by atoms with Crippen molar-refractivity contribution in [2.75, 3.05) is 0 Å². The van der Waals surface area contributed by atoms with Gasteiger partial charge in [-0.2, -0.15) is 0 Å². The first-order chi connectivity index (χ1) is 7.09. The number of aromatic nitrogens is 1. The summed E-state index contributed by atoms with van der Waals surface area (Å²) in [7, 11) is 0. The number of hydrogen-bond donors (Lipinski definition) is 1. The van der Waals surface area contributed by atoms with Gasteiger partial charge in [-0.1, -0.05) is 32.6 Å². The van der Waals surface area contributed by atoms with E-state index in [-0.39, 0.29) is 0 Å². The van der Waals surface area contributed by atoms with Gasteiger partial charge in [-0.25, -0.2) is 0 Å². The second-order valence-corrected chi connectivity index (χ2v) is 4.44. The third-order valence-corrected chi connectivity index (χ3v) is 2.83. The van der Waals surface area contributed by atoms with Crippen LogP contribution < -0.4 is 0 Å². The fourth-order valence-electron chi connectivity index (χ4n) is 1.86. The Morgan fingerprint density at radius 2 is 2.07 bits per heavy atom. The summed E-state index contributed by atoms with van der Waals surface area (Å²) in [6, 6.07) is 6.62. The Labute approximate surface area is 90.8 Å². The fraction of sp³-hybridized carbons (Fsp3) is 0.286. The molecule has 0 atom stereocenters. The Morgan fingerprint density at radius 3 is 2.67 bits per heavy atom. The van der Waals surface area contributed by atoms with Crippen LogP contribution in [-0.2, 0) is 0 Å². The predicted molar refractivity (Wildman–Crippen MR) is 67.1 cm³/mol. The number of allylic oxidation sites excluding steroid dienone is 1. The van der Waals surface area contributed by atoms with Crippen LogP contribution in [-0.4, -0.2) is 4.98 Å². The third-order valence-electron chi connectivity index (χ3n) is 2.83. The second kappa shape index (κ2) is 3.58. The van der Waals surface area contributed by atoms with Crippen LogP contribution in [0.2, 0.25) is 0 Å². The summed E-state index contributed by atoms with van der Waals surface area (Å²) in [5.74, 6) is 0.575. The fourth-order valence-corrected chi connectivity index (χ4v) is 1.86. The molecule has 78 valence electrons. The van der Waals surface area contributed by atoms with Gasteiger partial charge < -0.3 is 4.98 Å². The van der Waals surface area contributed by atoms with E-state index in [0.717, 1.165) is 5.57 Å². The highest BCUT2D eigenvalue weighted by Crippen LogP contribution is 2.26.